The van der Waals surface area contributed by atoms with E-state index >= 15 is 0 Å². The van der Waals surface area contributed by atoms with E-state index in [2.05, 4.69) is 0 Å². The number of ether oxygens (including phenoxy) is 1. The van der Waals surface area contributed by atoms with Gasteiger partial charge in [-0.1, -0.05) is 25.1 Å². The molecule has 0 atom stereocenters. The van der Waals surface area contributed by atoms with E-state index in [0.29, 0.717) is 12.4 Å². The van der Waals surface area contributed by atoms with Gasteiger partial charge in [0.2, 0.25) is 0 Å². The van der Waals surface area contributed by atoms with Crippen LogP contribution in [-0.2, 0) is 10.0 Å². The van der Waals surface area contributed by atoms with Gasteiger partial charge in [0.25, 0.3) is 10.0 Å². The average molecular weight is 349 g/mol. The number of carboxylic acid groups (broad SMARTS) is 1. The number of carboxylic acids is 1. The quantitative estimate of drug-likeness (QED) is 0.831. The third kappa shape index (κ3) is 3.86. The Morgan fingerprint density at radius 1 is 1.17 bits per heavy atom. The summed E-state index contributed by atoms with van der Waals surface area (Å²) < 4.78 is 31.9. The number of carbonyl (C=O) groups is 1. The summed E-state index contributed by atoms with van der Waals surface area (Å²) in [5.41, 5.74) is 0.193. The molecule has 0 spiro atoms. The lowest BCUT2D eigenvalue weighted by atomic mass is 10.2. The maximum atomic E-state index is 12.7. The molecule has 6 nitrogen and oxygen atoms in total. The number of nitrogens with zero attached hydrogens (tertiary/aromatic N) is 1. The predicted molar refractivity (Wildman–Crippen MR) is 91.2 cm³/mol. The highest BCUT2D eigenvalue weighted by Gasteiger charge is 2.22. The van der Waals surface area contributed by atoms with E-state index < -0.39 is 16.0 Å². The number of anilines is 1. The van der Waals surface area contributed by atoms with Crippen LogP contribution >= 0.6 is 0 Å². The highest BCUT2D eigenvalue weighted by molar-refractivity contribution is 7.92. The summed E-state index contributed by atoms with van der Waals surface area (Å²) in [4.78, 5) is 11.4. The van der Waals surface area contributed by atoms with Gasteiger partial charge in [0, 0.05) is 13.1 Å². The Morgan fingerprint density at radius 2 is 1.83 bits per heavy atom. The first kappa shape index (κ1) is 17.8. The normalized spacial score (nSPS) is 11.1. The van der Waals surface area contributed by atoms with Gasteiger partial charge in [-0.25, -0.2) is 13.2 Å². The van der Waals surface area contributed by atoms with Crippen LogP contribution in [-0.4, -0.2) is 33.1 Å². The summed E-state index contributed by atoms with van der Waals surface area (Å²) in [7, 11) is -2.41. The van der Waals surface area contributed by atoms with Gasteiger partial charge in [0.1, 0.15) is 5.75 Å². The molecule has 0 aliphatic carbocycles. The summed E-state index contributed by atoms with van der Waals surface area (Å²) in [6, 6.07) is 12.2. The minimum absolute atomic E-state index is 0.0336. The second kappa shape index (κ2) is 7.35. The van der Waals surface area contributed by atoms with Crippen molar-refractivity contribution in [3.8, 4) is 5.75 Å². The fraction of sp³-hybridized carbons (Fsp3) is 0.235. The molecule has 128 valence electrons. The van der Waals surface area contributed by atoms with Crippen LogP contribution < -0.4 is 9.04 Å². The number of sulfonamides is 1. The zero-order valence-electron chi connectivity index (χ0n) is 13.5. The van der Waals surface area contributed by atoms with Crippen molar-refractivity contribution in [2.75, 3.05) is 18.0 Å². The van der Waals surface area contributed by atoms with Crippen molar-refractivity contribution in [3.63, 3.8) is 0 Å². The van der Waals surface area contributed by atoms with Crippen molar-refractivity contribution in [1.29, 1.82) is 0 Å². The lowest BCUT2D eigenvalue weighted by Gasteiger charge is -2.21. The van der Waals surface area contributed by atoms with Crippen LogP contribution in [0.25, 0.3) is 0 Å². The van der Waals surface area contributed by atoms with Gasteiger partial charge in [0.15, 0.2) is 0 Å². The first-order valence-electron chi connectivity index (χ1n) is 7.41. The smallest absolute Gasteiger partial charge is 0.335 e. The average Bonchev–Trinajstić information content (AvgIpc) is 2.59. The molecule has 0 heterocycles. The molecule has 0 aromatic heterocycles. The van der Waals surface area contributed by atoms with E-state index in [0.717, 1.165) is 10.7 Å². The van der Waals surface area contributed by atoms with Crippen LogP contribution in [0.3, 0.4) is 0 Å². The van der Waals surface area contributed by atoms with E-state index in [9.17, 15) is 18.3 Å². The monoisotopic (exact) mass is 349 g/mol. The van der Waals surface area contributed by atoms with E-state index in [1.807, 2.05) is 6.92 Å². The number of hydrogen-bond donors (Lipinski definition) is 1. The molecule has 0 bridgehead atoms. The van der Waals surface area contributed by atoms with Gasteiger partial charge < -0.3 is 9.84 Å². The molecule has 1 N–H and O–H groups in total. The molecule has 0 aliphatic heterocycles. The van der Waals surface area contributed by atoms with Crippen LogP contribution in [0.2, 0.25) is 0 Å². The standard InChI is InChI=1S/C17H19NO5S/c1-3-9-23-15-11-13(17(19)20)10-14(12-15)18(2)24(21,22)16-7-5-4-6-8-16/h4-8,10-12H,3,9H2,1-2H3,(H,19,20). The third-order valence-electron chi connectivity index (χ3n) is 3.38. The Kier molecular flexibility index (Phi) is 5.46. The molecule has 0 saturated carbocycles. The van der Waals surface area contributed by atoms with E-state index in [1.165, 1.54) is 37.4 Å². The predicted octanol–water partition coefficient (Wildman–Crippen LogP) is 3.00. The molecule has 7 heteroatoms. The molecule has 2 aromatic rings. The van der Waals surface area contributed by atoms with Gasteiger partial charge in [-0.3, -0.25) is 4.31 Å². The first-order chi connectivity index (χ1) is 11.4. The second-order valence-corrected chi connectivity index (χ2v) is 7.12. The van der Waals surface area contributed by atoms with Gasteiger partial charge in [-0.2, -0.15) is 0 Å². The maximum absolute atomic E-state index is 12.7. The van der Waals surface area contributed by atoms with Gasteiger partial charge >= 0.3 is 5.97 Å². The van der Waals surface area contributed by atoms with E-state index in [-0.39, 0.29) is 16.1 Å². The molecule has 24 heavy (non-hydrogen) atoms. The minimum atomic E-state index is -3.79. The van der Waals surface area contributed by atoms with Crippen LogP contribution in [0, 0.1) is 0 Å². The van der Waals surface area contributed by atoms with Crippen molar-refractivity contribution < 1.29 is 23.1 Å². The molecule has 0 fully saturated rings. The molecular weight excluding hydrogens is 330 g/mol. The Bertz CT molecular complexity index is 818. The van der Waals surface area contributed by atoms with Crippen LogP contribution in [0.4, 0.5) is 5.69 Å². The molecule has 2 rings (SSSR count). The first-order valence-corrected chi connectivity index (χ1v) is 8.85. The lowest BCUT2D eigenvalue weighted by molar-refractivity contribution is 0.0696. The Hall–Kier alpha value is -2.54. The topological polar surface area (TPSA) is 83.9 Å². The molecular formula is C17H19NO5S. The summed E-state index contributed by atoms with van der Waals surface area (Å²) in [6.45, 7) is 2.34. The van der Waals surface area contributed by atoms with E-state index in [4.69, 9.17) is 4.74 Å². The number of benzene rings is 2. The molecule has 2 aromatic carbocycles. The Morgan fingerprint density at radius 3 is 2.42 bits per heavy atom. The van der Waals surface area contributed by atoms with Gasteiger partial charge in [-0.15, -0.1) is 0 Å². The van der Waals surface area contributed by atoms with E-state index in [1.54, 1.807) is 18.2 Å². The minimum Gasteiger partial charge on any atom is -0.494 e. The lowest BCUT2D eigenvalue weighted by Crippen LogP contribution is -2.26. The van der Waals surface area contributed by atoms with Gasteiger partial charge in [-0.05, 0) is 30.7 Å². The van der Waals surface area contributed by atoms with Crippen molar-refractivity contribution in [1.82, 2.24) is 0 Å². The van der Waals surface area contributed by atoms with Crippen molar-refractivity contribution in [2.24, 2.45) is 0 Å². The number of hydrogen-bond acceptors (Lipinski definition) is 4. The van der Waals surface area contributed by atoms with Crippen molar-refractivity contribution in [2.45, 2.75) is 18.2 Å². The molecule has 0 radical (unpaired) electrons. The van der Waals surface area contributed by atoms with Crippen LogP contribution in [0.1, 0.15) is 23.7 Å². The largest absolute Gasteiger partial charge is 0.494 e. The highest BCUT2D eigenvalue weighted by Crippen LogP contribution is 2.28. The molecule has 0 aliphatic rings. The zero-order valence-corrected chi connectivity index (χ0v) is 14.3. The Labute approximate surface area is 141 Å². The van der Waals surface area contributed by atoms with Gasteiger partial charge in [0.05, 0.1) is 22.8 Å². The Balaban J connectivity index is 2.46. The summed E-state index contributed by atoms with van der Waals surface area (Å²) >= 11 is 0. The summed E-state index contributed by atoms with van der Waals surface area (Å²) in [6.07, 6.45) is 0.755. The highest BCUT2D eigenvalue weighted by atomic mass is 32.2. The number of aromatic carboxylic acids is 1. The SMILES string of the molecule is CCCOc1cc(C(=O)O)cc(N(C)S(=O)(=O)c2ccccc2)c1. The van der Waals surface area contributed by atoms with Crippen molar-refractivity contribution >= 4 is 21.7 Å². The molecule has 0 unspecified atom stereocenters. The molecule has 0 amide bonds. The molecule has 0 saturated heterocycles. The summed E-state index contributed by atoms with van der Waals surface area (Å²) in [5, 5.41) is 9.24. The second-order valence-electron chi connectivity index (χ2n) is 5.15. The third-order valence-corrected chi connectivity index (χ3v) is 5.18. The number of rotatable bonds is 7. The summed E-state index contributed by atoms with van der Waals surface area (Å²) in [5.74, 6) is -0.828. The fourth-order valence-corrected chi connectivity index (χ4v) is 3.28. The van der Waals surface area contributed by atoms with Crippen LogP contribution in [0.15, 0.2) is 53.4 Å². The van der Waals surface area contributed by atoms with Crippen molar-refractivity contribution in [3.05, 3.63) is 54.1 Å². The zero-order chi connectivity index (χ0) is 17.7. The van der Waals surface area contributed by atoms with Crippen LogP contribution in [0.5, 0.6) is 5.75 Å². The maximum Gasteiger partial charge on any atom is 0.335 e. The fourth-order valence-electron chi connectivity index (χ4n) is 2.08.